The minimum Gasteiger partial charge on any atom is -0.468 e. The molecule has 0 bridgehead atoms. The number of thiophene rings is 1. The van der Waals surface area contributed by atoms with E-state index in [0.717, 1.165) is 29.7 Å². The van der Waals surface area contributed by atoms with Crippen LogP contribution < -0.4 is 5.56 Å². The zero-order valence-electron chi connectivity index (χ0n) is 14.0. The highest BCUT2D eigenvalue weighted by Crippen LogP contribution is 2.41. The first-order chi connectivity index (χ1) is 10.8. The predicted octanol–water partition coefficient (Wildman–Crippen LogP) is 2.78. The largest absolute Gasteiger partial charge is 0.468 e. The van der Waals surface area contributed by atoms with Gasteiger partial charge in [-0.3, -0.25) is 14.2 Å². The van der Waals surface area contributed by atoms with E-state index in [-0.39, 0.29) is 17.5 Å². The molecule has 1 aliphatic rings. The fraction of sp³-hybridized carbons (Fsp3) is 0.588. The Bertz CT molecular complexity index is 814. The molecule has 2 aromatic rings. The SMILES string of the molecule is COC(=O)Cn1cnc2sc3c(c2c1=O)CC[C@H](C(C)(C)C)C3. The molecule has 0 saturated heterocycles. The second kappa shape index (κ2) is 5.74. The van der Waals surface area contributed by atoms with Crippen molar-refractivity contribution in [1.29, 1.82) is 0 Å². The number of nitrogens with zero attached hydrogens (tertiary/aromatic N) is 2. The van der Waals surface area contributed by atoms with Crippen LogP contribution in [-0.4, -0.2) is 22.6 Å². The zero-order valence-corrected chi connectivity index (χ0v) is 14.8. The summed E-state index contributed by atoms with van der Waals surface area (Å²) in [4.78, 5) is 30.6. The third kappa shape index (κ3) is 2.92. The molecule has 124 valence electrons. The zero-order chi connectivity index (χ0) is 16.8. The highest BCUT2D eigenvalue weighted by molar-refractivity contribution is 7.18. The molecule has 1 atom stereocenters. The molecule has 0 aliphatic heterocycles. The number of carbonyl (C=O) groups excluding carboxylic acids is 1. The number of fused-ring (bicyclic) bond motifs is 3. The smallest absolute Gasteiger partial charge is 0.325 e. The first-order valence-corrected chi connectivity index (χ1v) is 8.69. The van der Waals surface area contributed by atoms with Crippen molar-refractivity contribution in [3.8, 4) is 0 Å². The molecule has 0 spiro atoms. The summed E-state index contributed by atoms with van der Waals surface area (Å²) in [6.45, 7) is 6.74. The maximum Gasteiger partial charge on any atom is 0.325 e. The van der Waals surface area contributed by atoms with Gasteiger partial charge in [0.25, 0.3) is 5.56 Å². The summed E-state index contributed by atoms with van der Waals surface area (Å²) in [6, 6.07) is 0. The van der Waals surface area contributed by atoms with Crippen LogP contribution in [0, 0.1) is 11.3 Å². The molecule has 6 heteroatoms. The Morgan fingerprint density at radius 3 is 2.87 bits per heavy atom. The van der Waals surface area contributed by atoms with Crippen LogP contribution in [0.15, 0.2) is 11.1 Å². The summed E-state index contributed by atoms with van der Waals surface area (Å²) in [5, 5.41) is 0.698. The molecule has 0 amide bonds. The van der Waals surface area contributed by atoms with Gasteiger partial charge in [0.15, 0.2) is 0 Å². The highest BCUT2D eigenvalue weighted by Gasteiger charge is 2.31. The van der Waals surface area contributed by atoms with E-state index in [1.165, 1.54) is 22.9 Å². The van der Waals surface area contributed by atoms with Crippen molar-refractivity contribution in [2.24, 2.45) is 11.3 Å². The summed E-state index contributed by atoms with van der Waals surface area (Å²) < 4.78 is 5.99. The average Bonchev–Trinajstić information content (AvgIpc) is 2.87. The second-order valence-corrected chi connectivity index (χ2v) is 8.33. The Balaban J connectivity index is 2.04. The van der Waals surface area contributed by atoms with E-state index in [0.29, 0.717) is 11.3 Å². The van der Waals surface area contributed by atoms with Crippen LogP contribution >= 0.6 is 11.3 Å². The van der Waals surface area contributed by atoms with Crippen LogP contribution in [-0.2, 0) is 28.9 Å². The summed E-state index contributed by atoms with van der Waals surface area (Å²) in [5.41, 5.74) is 1.28. The summed E-state index contributed by atoms with van der Waals surface area (Å²) in [5.74, 6) is 0.186. The van der Waals surface area contributed by atoms with Crippen LogP contribution in [0.2, 0.25) is 0 Å². The van der Waals surface area contributed by atoms with E-state index in [2.05, 4.69) is 30.5 Å². The normalized spacial score (nSPS) is 18.0. The second-order valence-electron chi connectivity index (χ2n) is 7.24. The molecule has 5 nitrogen and oxygen atoms in total. The summed E-state index contributed by atoms with van der Waals surface area (Å²) in [7, 11) is 1.32. The lowest BCUT2D eigenvalue weighted by atomic mass is 9.72. The maximum atomic E-state index is 12.7. The molecule has 0 aromatic carbocycles. The lowest BCUT2D eigenvalue weighted by molar-refractivity contribution is -0.141. The van der Waals surface area contributed by atoms with Gasteiger partial charge in [-0.25, -0.2) is 4.98 Å². The van der Waals surface area contributed by atoms with Crippen LogP contribution in [0.1, 0.15) is 37.6 Å². The van der Waals surface area contributed by atoms with Crippen molar-refractivity contribution in [3.05, 3.63) is 27.1 Å². The lowest BCUT2D eigenvalue weighted by Gasteiger charge is -2.33. The number of esters is 1. The van der Waals surface area contributed by atoms with Crippen LogP contribution in [0.3, 0.4) is 0 Å². The molecule has 2 aromatic heterocycles. The van der Waals surface area contributed by atoms with Crippen molar-refractivity contribution in [1.82, 2.24) is 9.55 Å². The van der Waals surface area contributed by atoms with Crippen molar-refractivity contribution < 1.29 is 9.53 Å². The van der Waals surface area contributed by atoms with Crippen molar-refractivity contribution in [2.45, 2.75) is 46.6 Å². The molecular formula is C17H22N2O3S. The molecular weight excluding hydrogens is 312 g/mol. The molecule has 0 N–H and O–H groups in total. The molecule has 3 rings (SSSR count). The number of carbonyl (C=O) groups is 1. The first-order valence-electron chi connectivity index (χ1n) is 7.87. The Kier molecular flexibility index (Phi) is 4.04. The van der Waals surface area contributed by atoms with Crippen LogP contribution in [0.5, 0.6) is 0 Å². The number of hydrogen-bond acceptors (Lipinski definition) is 5. The van der Waals surface area contributed by atoms with Gasteiger partial charge in [0.1, 0.15) is 11.4 Å². The molecule has 0 radical (unpaired) electrons. The quantitative estimate of drug-likeness (QED) is 0.792. The Morgan fingerprint density at radius 1 is 1.48 bits per heavy atom. The van der Waals surface area contributed by atoms with Gasteiger partial charge in [-0.15, -0.1) is 11.3 Å². The molecule has 1 aliphatic carbocycles. The Morgan fingerprint density at radius 2 is 2.22 bits per heavy atom. The molecule has 0 unspecified atom stereocenters. The van der Waals surface area contributed by atoms with Gasteiger partial charge >= 0.3 is 5.97 Å². The minimum atomic E-state index is -0.440. The van der Waals surface area contributed by atoms with E-state index in [9.17, 15) is 9.59 Å². The van der Waals surface area contributed by atoms with Gasteiger partial charge in [0.2, 0.25) is 0 Å². The van der Waals surface area contributed by atoms with Crippen LogP contribution in [0.4, 0.5) is 0 Å². The average molecular weight is 334 g/mol. The lowest BCUT2D eigenvalue weighted by Crippen LogP contribution is -2.28. The monoisotopic (exact) mass is 334 g/mol. The fourth-order valence-corrected chi connectivity index (χ4v) is 4.51. The number of ether oxygens (including phenoxy) is 1. The van der Waals surface area contributed by atoms with E-state index < -0.39 is 5.97 Å². The van der Waals surface area contributed by atoms with Crippen molar-refractivity contribution >= 4 is 27.5 Å². The number of aryl methyl sites for hydroxylation is 1. The summed E-state index contributed by atoms with van der Waals surface area (Å²) >= 11 is 1.63. The van der Waals surface area contributed by atoms with Gasteiger partial charge in [-0.2, -0.15) is 0 Å². The Labute approximate surface area is 139 Å². The summed E-state index contributed by atoms with van der Waals surface area (Å²) in [6.07, 6.45) is 4.46. The number of aromatic nitrogens is 2. The van der Waals surface area contributed by atoms with E-state index >= 15 is 0 Å². The molecule has 0 saturated carbocycles. The standard InChI is InChI=1S/C17H22N2O3S/c1-17(2,3)10-5-6-11-12(7-10)23-15-14(11)16(21)19(9-18-15)8-13(20)22-4/h9-10H,5-8H2,1-4H3/t10-/m0/s1. The third-order valence-corrected chi connectivity index (χ3v) is 5.95. The highest BCUT2D eigenvalue weighted by atomic mass is 32.1. The molecule has 0 fully saturated rings. The van der Waals surface area contributed by atoms with E-state index in [4.69, 9.17) is 0 Å². The number of rotatable bonds is 2. The minimum absolute atomic E-state index is 0.0898. The third-order valence-electron chi connectivity index (χ3n) is 4.79. The van der Waals surface area contributed by atoms with Crippen molar-refractivity contribution in [3.63, 3.8) is 0 Å². The van der Waals surface area contributed by atoms with E-state index in [1.807, 2.05) is 0 Å². The molecule has 2 heterocycles. The van der Waals surface area contributed by atoms with Gasteiger partial charge in [-0.05, 0) is 36.2 Å². The fourth-order valence-electron chi connectivity index (χ4n) is 3.26. The molecule has 23 heavy (non-hydrogen) atoms. The number of methoxy groups -OCH3 is 1. The topological polar surface area (TPSA) is 61.2 Å². The van der Waals surface area contributed by atoms with Crippen LogP contribution in [0.25, 0.3) is 10.2 Å². The first kappa shape index (κ1) is 16.2. The van der Waals surface area contributed by atoms with Gasteiger partial charge in [0, 0.05) is 4.88 Å². The van der Waals surface area contributed by atoms with Gasteiger partial charge < -0.3 is 4.74 Å². The van der Waals surface area contributed by atoms with Gasteiger partial charge in [0.05, 0.1) is 18.8 Å². The van der Waals surface area contributed by atoms with E-state index in [1.54, 1.807) is 11.3 Å². The van der Waals surface area contributed by atoms with Crippen molar-refractivity contribution in [2.75, 3.05) is 7.11 Å². The number of hydrogen-bond donors (Lipinski definition) is 0. The van der Waals surface area contributed by atoms with Gasteiger partial charge in [-0.1, -0.05) is 20.8 Å². The predicted molar refractivity (Wildman–Crippen MR) is 90.9 cm³/mol. The maximum absolute atomic E-state index is 12.7. The Hall–Kier alpha value is -1.69.